The maximum atomic E-state index is 12.3. The van der Waals surface area contributed by atoms with Crippen molar-refractivity contribution >= 4 is 70.1 Å². The van der Waals surface area contributed by atoms with Gasteiger partial charge in [0.1, 0.15) is 5.75 Å². The second-order valence-corrected chi connectivity index (χ2v) is 20.3. The van der Waals surface area contributed by atoms with Gasteiger partial charge in [0, 0.05) is 42.0 Å². The van der Waals surface area contributed by atoms with Gasteiger partial charge in [-0.3, -0.25) is 18.5 Å². The Morgan fingerprint density at radius 1 is 0.881 bits per heavy atom. The summed E-state index contributed by atoms with van der Waals surface area (Å²) in [5.41, 5.74) is 6.09. The van der Waals surface area contributed by atoms with Crippen molar-refractivity contribution in [2.75, 3.05) is 34.4 Å². The summed E-state index contributed by atoms with van der Waals surface area (Å²) in [5, 5.41) is 0. The number of nitrogens with one attached hydrogen (secondary N) is 1. The molecule has 1 aliphatic carbocycles. The third-order valence-corrected chi connectivity index (χ3v) is 13.1. The molecular weight excluding hydrogens is 851 g/mol. The minimum Gasteiger partial charge on any atom is -0.405 e. The van der Waals surface area contributed by atoms with E-state index in [0.717, 1.165) is 34.5 Å². The molecule has 59 heavy (non-hydrogen) atoms. The largest absolute Gasteiger partial charge is 0.425 e. The van der Waals surface area contributed by atoms with Crippen molar-refractivity contribution in [3.63, 3.8) is 0 Å². The molecule has 17 nitrogen and oxygen atoms in total. The van der Waals surface area contributed by atoms with E-state index < -0.39 is 69.7 Å². The molecule has 320 valence electrons. The van der Waals surface area contributed by atoms with Crippen molar-refractivity contribution < 1.29 is 66.1 Å². The average molecular weight is 897 g/mol. The Kier molecular flexibility index (Phi) is 13.0. The van der Waals surface area contributed by atoms with Gasteiger partial charge < -0.3 is 14.5 Å². The second-order valence-electron chi connectivity index (χ2n) is 15.5. The number of nitrogens with zero attached hydrogens (tertiary/aromatic N) is 2. The summed E-state index contributed by atoms with van der Waals surface area (Å²) < 4.78 is 133. The van der Waals surface area contributed by atoms with Crippen LogP contribution in [0.15, 0.2) is 59.5 Å². The Bertz CT molecular complexity index is 2690. The highest BCUT2D eigenvalue weighted by Gasteiger charge is 2.43. The van der Waals surface area contributed by atoms with Crippen LogP contribution >= 0.6 is 0 Å². The molecule has 2 heterocycles. The number of aryl methyl sites for hydroxylation is 1. The van der Waals surface area contributed by atoms with E-state index in [0.29, 0.717) is 53.0 Å². The van der Waals surface area contributed by atoms with Crippen LogP contribution in [0.25, 0.3) is 5.57 Å². The summed E-state index contributed by atoms with van der Waals surface area (Å²) in [4.78, 5) is 19.0. The third-order valence-electron chi connectivity index (χ3n) is 10.7. The van der Waals surface area contributed by atoms with E-state index >= 15 is 0 Å². The molecule has 3 aliphatic rings. The molecule has 0 bridgehead atoms. The molecule has 0 saturated heterocycles. The molecule has 21 heteroatoms. The smallest absolute Gasteiger partial charge is 0.405 e. The van der Waals surface area contributed by atoms with Crippen LogP contribution in [-0.2, 0) is 68.9 Å². The van der Waals surface area contributed by atoms with Crippen molar-refractivity contribution in [2.45, 2.75) is 82.5 Å². The van der Waals surface area contributed by atoms with Crippen LogP contribution in [0.1, 0.15) is 86.4 Å². The number of likely N-dealkylation sites (N-methyl/N-ethyl adjacent to an activating group) is 1. The van der Waals surface area contributed by atoms with Crippen LogP contribution in [0.3, 0.4) is 0 Å². The second kappa shape index (κ2) is 16.9. The zero-order valence-corrected chi connectivity index (χ0v) is 36.1. The fourth-order valence-electron chi connectivity index (χ4n) is 8.37. The van der Waals surface area contributed by atoms with Crippen LogP contribution < -0.4 is 14.8 Å². The van der Waals surface area contributed by atoms with Crippen molar-refractivity contribution in [2.24, 2.45) is 0 Å². The lowest BCUT2D eigenvalue weighted by Crippen LogP contribution is -2.81. The minimum absolute atomic E-state index is 0.170. The molecule has 4 N–H and O–H groups in total. The Hall–Kier alpha value is -4.51. The standard InChI is InChI=1S/C38H45N3O11S3.O3S/c1-6-41-33-19-31-29(17-27(33)26(20-37(41,2)3)22-54(46,47)48)36(39-35(52-23-42)13-15-53(43,44)45)28-16-24-11-9-14-40(32(24)18-30(28)38(31,4)5)21-25-10-7-8-12-34(25)55(49,50)51;1-4(2)3/h7-8,10,12,16-20,23,35H,6,9,11,13-15,21-22H2,1-5H3,(H,43,44,45)(H,46,47,48)(H,49,50,51);/p+1. The summed E-state index contributed by atoms with van der Waals surface area (Å²) in [6.07, 6.45) is 1.73. The van der Waals surface area contributed by atoms with E-state index in [4.69, 9.17) is 17.4 Å². The zero-order valence-electron chi connectivity index (χ0n) is 32.9. The Morgan fingerprint density at radius 2 is 1.49 bits per heavy atom. The van der Waals surface area contributed by atoms with Gasteiger partial charge in [0.2, 0.25) is 5.71 Å². The number of hydrogen-bond acceptors (Lipinski definition) is 13. The van der Waals surface area contributed by atoms with Gasteiger partial charge >= 0.3 is 10.6 Å². The van der Waals surface area contributed by atoms with Crippen LogP contribution in [0.5, 0.6) is 0 Å². The molecule has 0 spiro atoms. The summed E-state index contributed by atoms with van der Waals surface area (Å²) in [7, 11) is -16.5. The molecule has 3 aromatic carbocycles. The van der Waals surface area contributed by atoms with Crippen molar-refractivity contribution in [3.05, 3.63) is 93.6 Å². The van der Waals surface area contributed by atoms with Crippen molar-refractivity contribution in [1.29, 1.82) is 0 Å². The molecule has 1 atom stereocenters. The molecule has 2 aliphatic heterocycles. The van der Waals surface area contributed by atoms with E-state index in [1.807, 2.05) is 45.0 Å². The molecule has 0 fully saturated rings. The summed E-state index contributed by atoms with van der Waals surface area (Å²) in [5.74, 6) is -1.33. The predicted molar refractivity (Wildman–Crippen MR) is 218 cm³/mol. The Morgan fingerprint density at radius 3 is 2.07 bits per heavy atom. The van der Waals surface area contributed by atoms with Gasteiger partial charge in [-0.2, -0.15) is 25.3 Å². The number of benzene rings is 3. The average Bonchev–Trinajstić information content (AvgIpc) is 3.10. The highest BCUT2D eigenvalue weighted by atomic mass is 32.2. The lowest BCUT2D eigenvalue weighted by Gasteiger charge is -2.45. The molecule has 0 amide bonds. The van der Waals surface area contributed by atoms with E-state index in [-0.39, 0.29) is 24.3 Å². The quantitative estimate of drug-likeness (QED) is 0.115. The van der Waals surface area contributed by atoms with Crippen LogP contribution in [-0.4, -0.2) is 100 Å². The maximum absolute atomic E-state index is 12.3. The van der Waals surface area contributed by atoms with Gasteiger partial charge in [-0.05, 0) is 91.8 Å². The predicted octanol–water partition coefficient (Wildman–Crippen LogP) is 2.11. The minimum atomic E-state index is -4.49. The van der Waals surface area contributed by atoms with Gasteiger partial charge in [0.25, 0.3) is 43.1 Å². The molecule has 0 radical (unpaired) electrons. The monoisotopic (exact) mass is 896 g/mol. The van der Waals surface area contributed by atoms with Gasteiger partial charge in [-0.1, -0.05) is 38.1 Å². The number of hydrogen-bond donors (Lipinski definition) is 4. The Labute approximate surface area is 345 Å². The molecule has 0 aromatic heterocycles. The number of rotatable bonds is 12. The lowest BCUT2D eigenvalue weighted by molar-refractivity contribution is -0.551. The third kappa shape index (κ3) is 10.3. The fourth-order valence-corrected chi connectivity index (χ4v) is 10.2. The number of carbonyl (C=O) groups is 1. The van der Waals surface area contributed by atoms with E-state index in [1.165, 1.54) is 6.07 Å². The summed E-state index contributed by atoms with van der Waals surface area (Å²) in [6.45, 7) is 11.6. The molecule has 1 unspecified atom stereocenters. The highest BCUT2D eigenvalue weighted by Crippen LogP contribution is 2.49. The Balaban J connectivity index is 0.00000158. The van der Waals surface area contributed by atoms with Gasteiger partial charge in [0.05, 0.1) is 33.7 Å². The first-order chi connectivity index (χ1) is 27.3. The number of fused-ring (bicyclic) bond motifs is 4. The topological polar surface area (TPSA) is 261 Å². The van der Waals surface area contributed by atoms with E-state index in [2.05, 4.69) is 34.7 Å². The highest BCUT2D eigenvalue weighted by molar-refractivity contribution is 7.86. The molecule has 0 saturated carbocycles. The lowest BCUT2D eigenvalue weighted by atomic mass is 9.66. The van der Waals surface area contributed by atoms with Crippen LogP contribution in [0, 0.1) is 0 Å². The number of ether oxygens (including phenoxy) is 1. The van der Waals surface area contributed by atoms with Gasteiger partial charge in [-0.15, -0.1) is 12.6 Å². The number of carbonyl (C=O) groups excluding carboxylic acids is 1. The maximum Gasteiger partial charge on any atom is 0.425 e. The molecule has 3 aromatic rings. The zero-order chi connectivity index (χ0) is 43.9. The first kappa shape index (κ1) is 45.6. The van der Waals surface area contributed by atoms with Gasteiger partial charge in [0.15, 0.2) is 0 Å². The van der Waals surface area contributed by atoms with Crippen LogP contribution in [0.2, 0.25) is 0 Å². The SMILES string of the molecule is CCN1c2cc3c(cc2C(CS(=O)(=O)O)=CC1(C)C)C(=[NH+]C(CCS(=O)(=O)O)OC=O)c1cc2c(cc1C3(C)C)N(Cc1ccccc1S(=O)(=O)O)CCC2.O=S(=O)=O. The summed E-state index contributed by atoms with van der Waals surface area (Å²) in [6, 6.07) is 14.2. The van der Waals surface area contributed by atoms with E-state index in [1.54, 1.807) is 18.2 Å². The normalized spacial score (nSPS) is 17.9. The first-order valence-corrected chi connectivity index (χ1v) is 24.0. The molecular formula is C38H46N3O14S4+. The van der Waals surface area contributed by atoms with Crippen molar-refractivity contribution in [1.82, 2.24) is 0 Å². The first-order valence-electron chi connectivity index (χ1n) is 18.3. The van der Waals surface area contributed by atoms with E-state index in [9.17, 15) is 43.7 Å². The molecule has 6 rings (SSSR count). The number of anilines is 2. The van der Waals surface area contributed by atoms with Gasteiger partial charge in [-0.25, -0.2) is 4.99 Å². The van der Waals surface area contributed by atoms with Crippen molar-refractivity contribution in [3.8, 4) is 0 Å². The fraction of sp³-hybridized carbons (Fsp3) is 0.421. The van der Waals surface area contributed by atoms with Crippen LogP contribution in [0.4, 0.5) is 11.4 Å². The summed E-state index contributed by atoms with van der Waals surface area (Å²) >= 11 is 0.